The molecule has 1 aromatic rings. The van der Waals surface area contributed by atoms with Crippen LogP contribution in [0.1, 0.15) is 13.3 Å². The van der Waals surface area contributed by atoms with Gasteiger partial charge in [-0.1, -0.05) is 23.2 Å². The summed E-state index contributed by atoms with van der Waals surface area (Å²) < 4.78 is 0. The number of piperazine rings is 1. The summed E-state index contributed by atoms with van der Waals surface area (Å²) in [4.78, 5) is 38.1. The number of carbonyl (C=O) groups excluding carboxylic acids is 3. The SMILES string of the molecule is CC(=O)NC(=O)NCCC(=O)N1CCN(c2ccc(Cl)c(Cl)c2)CC1. The third-order valence-electron chi connectivity index (χ3n) is 3.81. The summed E-state index contributed by atoms with van der Waals surface area (Å²) in [5, 5.41) is 5.58. The summed E-state index contributed by atoms with van der Waals surface area (Å²) >= 11 is 12.0. The molecule has 0 spiro atoms. The third kappa shape index (κ3) is 5.79. The fourth-order valence-electron chi connectivity index (χ4n) is 2.54. The van der Waals surface area contributed by atoms with Crippen molar-refractivity contribution in [3.05, 3.63) is 28.2 Å². The molecule has 9 heteroatoms. The molecular formula is C16H20Cl2N4O3. The van der Waals surface area contributed by atoms with Crippen molar-refractivity contribution < 1.29 is 14.4 Å². The Hall–Kier alpha value is -1.99. The molecule has 25 heavy (non-hydrogen) atoms. The van der Waals surface area contributed by atoms with Gasteiger partial charge in [0, 0.05) is 51.8 Å². The van der Waals surface area contributed by atoms with Crippen LogP contribution >= 0.6 is 23.2 Å². The number of urea groups is 1. The number of hydrogen-bond acceptors (Lipinski definition) is 4. The standard InChI is InChI=1S/C16H20Cl2N4O3/c1-11(23)20-16(25)19-5-4-15(24)22-8-6-21(7-9-22)12-2-3-13(17)14(18)10-12/h2-3,10H,4-9H2,1H3,(H2,19,20,23,25). The molecule has 1 aliphatic heterocycles. The third-order valence-corrected chi connectivity index (χ3v) is 4.55. The minimum atomic E-state index is -0.593. The van der Waals surface area contributed by atoms with E-state index in [0.29, 0.717) is 36.2 Å². The topological polar surface area (TPSA) is 81.8 Å². The van der Waals surface area contributed by atoms with Crippen LogP contribution in [0.5, 0.6) is 0 Å². The summed E-state index contributed by atoms with van der Waals surface area (Å²) in [5.74, 6) is -0.473. The predicted molar refractivity (Wildman–Crippen MR) is 97.1 cm³/mol. The number of imide groups is 1. The predicted octanol–water partition coefficient (Wildman–Crippen LogP) is 1.88. The highest BCUT2D eigenvalue weighted by Crippen LogP contribution is 2.27. The lowest BCUT2D eigenvalue weighted by molar-refractivity contribution is -0.131. The zero-order chi connectivity index (χ0) is 18.4. The summed E-state index contributed by atoms with van der Waals surface area (Å²) in [5.41, 5.74) is 0.976. The summed E-state index contributed by atoms with van der Waals surface area (Å²) in [6.45, 7) is 4.02. The van der Waals surface area contributed by atoms with Gasteiger partial charge in [0.1, 0.15) is 0 Å². The van der Waals surface area contributed by atoms with E-state index < -0.39 is 11.9 Å². The number of anilines is 1. The first-order valence-electron chi connectivity index (χ1n) is 7.90. The van der Waals surface area contributed by atoms with E-state index in [1.165, 1.54) is 6.92 Å². The van der Waals surface area contributed by atoms with Crippen molar-refractivity contribution in [3.8, 4) is 0 Å². The van der Waals surface area contributed by atoms with Crippen molar-refractivity contribution >= 4 is 46.7 Å². The Morgan fingerprint density at radius 3 is 2.36 bits per heavy atom. The molecule has 2 N–H and O–H groups in total. The van der Waals surface area contributed by atoms with Crippen LogP contribution in [0.2, 0.25) is 10.0 Å². The maximum Gasteiger partial charge on any atom is 0.321 e. The van der Waals surface area contributed by atoms with Crippen LogP contribution in [-0.2, 0) is 9.59 Å². The molecule has 4 amide bonds. The van der Waals surface area contributed by atoms with E-state index in [1.54, 1.807) is 11.0 Å². The van der Waals surface area contributed by atoms with Crippen molar-refractivity contribution in [1.82, 2.24) is 15.5 Å². The second-order valence-corrected chi connectivity index (χ2v) is 6.47. The molecule has 1 saturated heterocycles. The van der Waals surface area contributed by atoms with Crippen molar-refractivity contribution in [1.29, 1.82) is 0 Å². The van der Waals surface area contributed by atoms with E-state index in [2.05, 4.69) is 15.5 Å². The normalized spacial score (nSPS) is 14.2. The number of nitrogens with one attached hydrogen (secondary N) is 2. The lowest BCUT2D eigenvalue weighted by atomic mass is 10.2. The highest BCUT2D eigenvalue weighted by atomic mass is 35.5. The molecule has 0 saturated carbocycles. The Morgan fingerprint density at radius 2 is 1.76 bits per heavy atom. The molecule has 2 rings (SSSR count). The van der Waals surface area contributed by atoms with Gasteiger partial charge in [0.15, 0.2) is 0 Å². The fraction of sp³-hybridized carbons (Fsp3) is 0.438. The molecule has 0 atom stereocenters. The second-order valence-electron chi connectivity index (χ2n) is 5.65. The molecule has 7 nitrogen and oxygen atoms in total. The van der Waals surface area contributed by atoms with Crippen molar-refractivity contribution in [2.75, 3.05) is 37.6 Å². The van der Waals surface area contributed by atoms with E-state index in [4.69, 9.17) is 23.2 Å². The molecule has 0 aromatic heterocycles. The quantitative estimate of drug-likeness (QED) is 0.827. The highest BCUT2D eigenvalue weighted by Gasteiger charge is 2.21. The Kier molecular flexibility index (Phi) is 6.90. The number of halogens is 2. The van der Waals surface area contributed by atoms with Gasteiger partial charge in [0.25, 0.3) is 0 Å². The number of amides is 4. The Bertz CT molecular complexity index is 661. The van der Waals surface area contributed by atoms with Gasteiger partial charge in [-0.3, -0.25) is 14.9 Å². The molecule has 1 aromatic carbocycles. The van der Waals surface area contributed by atoms with Crippen molar-refractivity contribution in [3.63, 3.8) is 0 Å². The van der Waals surface area contributed by atoms with Crippen LogP contribution in [0.3, 0.4) is 0 Å². The number of benzene rings is 1. The lowest BCUT2D eigenvalue weighted by Gasteiger charge is -2.36. The van der Waals surface area contributed by atoms with Crippen LogP contribution in [-0.4, -0.2) is 55.5 Å². The molecule has 0 bridgehead atoms. The van der Waals surface area contributed by atoms with Crippen LogP contribution in [0.4, 0.5) is 10.5 Å². The van der Waals surface area contributed by atoms with E-state index in [-0.39, 0.29) is 18.9 Å². The summed E-state index contributed by atoms with van der Waals surface area (Å²) in [6.07, 6.45) is 0.193. The van der Waals surface area contributed by atoms with Gasteiger partial charge in [0.2, 0.25) is 11.8 Å². The van der Waals surface area contributed by atoms with Crippen LogP contribution in [0, 0.1) is 0 Å². The van der Waals surface area contributed by atoms with Gasteiger partial charge in [-0.25, -0.2) is 4.79 Å². The zero-order valence-corrected chi connectivity index (χ0v) is 15.4. The average Bonchev–Trinajstić information content (AvgIpc) is 2.56. The number of carbonyl (C=O) groups is 3. The molecule has 0 radical (unpaired) electrons. The highest BCUT2D eigenvalue weighted by molar-refractivity contribution is 6.42. The molecule has 136 valence electrons. The van der Waals surface area contributed by atoms with E-state index in [0.717, 1.165) is 5.69 Å². The van der Waals surface area contributed by atoms with Crippen molar-refractivity contribution in [2.24, 2.45) is 0 Å². The van der Waals surface area contributed by atoms with E-state index in [1.807, 2.05) is 12.1 Å². The van der Waals surface area contributed by atoms with Gasteiger partial charge in [-0.05, 0) is 18.2 Å². The number of rotatable bonds is 4. The van der Waals surface area contributed by atoms with Gasteiger partial charge in [-0.15, -0.1) is 0 Å². The molecule has 1 fully saturated rings. The second kappa shape index (κ2) is 8.92. The maximum atomic E-state index is 12.2. The number of hydrogen-bond donors (Lipinski definition) is 2. The lowest BCUT2D eigenvalue weighted by Crippen LogP contribution is -2.49. The van der Waals surface area contributed by atoms with E-state index >= 15 is 0 Å². The van der Waals surface area contributed by atoms with Gasteiger partial charge >= 0.3 is 6.03 Å². The van der Waals surface area contributed by atoms with Gasteiger partial charge in [-0.2, -0.15) is 0 Å². The largest absolute Gasteiger partial charge is 0.368 e. The summed E-state index contributed by atoms with van der Waals surface area (Å²) in [7, 11) is 0. The van der Waals surface area contributed by atoms with Crippen molar-refractivity contribution in [2.45, 2.75) is 13.3 Å². The monoisotopic (exact) mass is 386 g/mol. The summed E-state index contributed by atoms with van der Waals surface area (Å²) in [6, 6.07) is 4.89. The Labute approximate surface area is 156 Å². The molecule has 0 unspecified atom stereocenters. The minimum Gasteiger partial charge on any atom is -0.368 e. The Balaban J connectivity index is 1.75. The molecular weight excluding hydrogens is 367 g/mol. The fourth-order valence-corrected chi connectivity index (χ4v) is 2.83. The molecule has 1 aliphatic rings. The van der Waals surface area contributed by atoms with Gasteiger partial charge < -0.3 is 15.1 Å². The zero-order valence-electron chi connectivity index (χ0n) is 13.8. The number of nitrogens with zero attached hydrogens (tertiary/aromatic N) is 2. The average molecular weight is 387 g/mol. The smallest absolute Gasteiger partial charge is 0.321 e. The van der Waals surface area contributed by atoms with Crippen LogP contribution in [0.15, 0.2) is 18.2 Å². The first-order chi connectivity index (χ1) is 11.9. The first-order valence-corrected chi connectivity index (χ1v) is 8.65. The molecule has 0 aliphatic carbocycles. The Morgan fingerprint density at radius 1 is 1.08 bits per heavy atom. The minimum absolute atomic E-state index is 0.0306. The first kappa shape index (κ1) is 19.3. The van der Waals surface area contributed by atoms with Crippen LogP contribution < -0.4 is 15.5 Å². The van der Waals surface area contributed by atoms with Crippen LogP contribution in [0.25, 0.3) is 0 Å². The van der Waals surface area contributed by atoms with E-state index in [9.17, 15) is 14.4 Å². The van der Waals surface area contributed by atoms with Gasteiger partial charge in [0.05, 0.1) is 10.0 Å². The molecule has 1 heterocycles. The maximum absolute atomic E-state index is 12.2.